The molecule has 1 unspecified atom stereocenters. The zero-order valence-corrected chi connectivity index (χ0v) is 15.3. The summed E-state index contributed by atoms with van der Waals surface area (Å²) < 4.78 is 0. The predicted molar refractivity (Wildman–Crippen MR) is 107 cm³/mol. The lowest BCUT2D eigenvalue weighted by molar-refractivity contribution is 0.0831. The summed E-state index contributed by atoms with van der Waals surface area (Å²) in [5.74, 6) is -0.00660. The summed E-state index contributed by atoms with van der Waals surface area (Å²) in [6, 6.07) is 17.6. The highest BCUT2D eigenvalue weighted by atomic mass is 16.3. The molecule has 3 aromatic rings. The number of hydrogen-bond donors (Lipinski definition) is 3. The molecule has 3 N–H and O–H groups in total. The molecule has 4 rings (SSSR count). The van der Waals surface area contributed by atoms with Crippen LogP contribution < -0.4 is 5.32 Å². The van der Waals surface area contributed by atoms with Crippen molar-refractivity contribution in [2.75, 3.05) is 19.6 Å². The Morgan fingerprint density at radius 3 is 2.59 bits per heavy atom. The van der Waals surface area contributed by atoms with E-state index in [1.54, 1.807) is 0 Å². The average Bonchev–Trinajstić information content (AvgIpc) is 3.14. The minimum absolute atomic E-state index is 0.00660. The standard InChI is InChI=1S/C22H25N3O2/c26-21(19-14-23-20-9-5-4-8-18(19)20)15-25-12-10-17(11-13-25)24-22(27)16-6-2-1-3-7-16/h1-9,14,17,21,23,26H,10-13,15H2,(H,24,27). The first-order valence-corrected chi connectivity index (χ1v) is 9.53. The fourth-order valence-corrected chi connectivity index (χ4v) is 3.83. The summed E-state index contributed by atoms with van der Waals surface area (Å²) in [6.07, 6.45) is 3.19. The molecule has 2 heterocycles. The molecule has 5 nitrogen and oxygen atoms in total. The van der Waals surface area contributed by atoms with Gasteiger partial charge in [-0.05, 0) is 31.0 Å². The number of carbonyl (C=O) groups is 1. The van der Waals surface area contributed by atoms with Crippen molar-refractivity contribution in [3.63, 3.8) is 0 Å². The number of amides is 1. The molecule has 0 bridgehead atoms. The average molecular weight is 363 g/mol. The van der Waals surface area contributed by atoms with Gasteiger partial charge in [-0.15, -0.1) is 0 Å². The largest absolute Gasteiger partial charge is 0.387 e. The number of fused-ring (bicyclic) bond motifs is 1. The number of rotatable bonds is 5. The molecule has 1 fully saturated rings. The van der Waals surface area contributed by atoms with Crippen LogP contribution >= 0.6 is 0 Å². The molecule has 27 heavy (non-hydrogen) atoms. The first kappa shape index (κ1) is 17.8. The van der Waals surface area contributed by atoms with Crippen molar-refractivity contribution in [1.82, 2.24) is 15.2 Å². The Morgan fingerprint density at radius 2 is 1.81 bits per heavy atom. The lowest BCUT2D eigenvalue weighted by atomic mass is 10.0. The van der Waals surface area contributed by atoms with Crippen LogP contribution in [0.25, 0.3) is 10.9 Å². The van der Waals surface area contributed by atoms with Gasteiger partial charge < -0.3 is 20.3 Å². The van der Waals surface area contributed by atoms with Crippen LogP contribution in [0.4, 0.5) is 0 Å². The number of H-pyrrole nitrogens is 1. The smallest absolute Gasteiger partial charge is 0.251 e. The number of nitrogens with zero attached hydrogens (tertiary/aromatic N) is 1. The van der Waals surface area contributed by atoms with Crippen molar-refractivity contribution in [3.05, 3.63) is 71.9 Å². The van der Waals surface area contributed by atoms with Crippen LogP contribution in [0.2, 0.25) is 0 Å². The molecule has 0 spiro atoms. The van der Waals surface area contributed by atoms with Gasteiger partial charge in [-0.25, -0.2) is 0 Å². The molecule has 2 aromatic carbocycles. The van der Waals surface area contributed by atoms with Gasteiger partial charge in [-0.3, -0.25) is 4.79 Å². The number of piperidine rings is 1. The number of para-hydroxylation sites is 1. The van der Waals surface area contributed by atoms with E-state index in [0.717, 1.165) is 42.4 Å². The third kappa shape index (κ3) is 4.04. The van der Waals surface area contributed by atoms with Crippen LogP contribution in [0.3, 0.4) is 0 Å². The number of aliphatic hydroxyl groups is 1. The molecular weight excluding hydrogens is 338 g/mol. The first-order chi connectivity index (χ1) is 13.2. The van der Waals surface area contributed by atoms with E-state index in [2.05, 4.69) is 15.2 Å². The zero-order chi connectivity index (χ0) is 18.6. The van der Waals surface area contributed by atoms with E-state index >= 15 is 0 Å². The molecule has 1 saturated heterocycles. The fourth-order valence-electron chi connectivity index (χ4n) is 3.83. The molecule has 0 saturated carbocycles. The predicted octanol–water partition coefficient (Wildman–Crippen LogP) is 3.10. The van der Waals surface area contributed by atoms with Gasteiger partial charge in [-0.2, -0.15) is 0 Å². The van der Waals surface area contributed by atoms with E-state index in [1.165, 1.54) is 0 Å². The highest BCUT2D eigenvalue weighted by Gasteiger charge is 2.23. The third-order valence-electron chi connectivity index (χ3n) is 5.37. The highest BCUT2D eigenvalue weighted by molar-refractivity contribution is 5.94. The SMILES string of the molecule is O=C(NC1CCN(CC(O)c2c[nH]c3ccccc23)CC1)c1ccccc1. The number of aromatic nitrogens is 1. The number of benzene rings is 2. The van der Waals surface area contributed by atoms with Crippen LogP contribution in [-0.4, -0.2) is 46.6 Å². The Labute approximate surface area is 159 Å². The van der Waals surface area contributed by atoms with Crippen LogP contribution in [0.15, 0.2) is 60.8 Å². The van der Waals surface area contributed by atoms with Gasteiger partial charge in [0.25, 0.3) is 5.91 Å². The van der Waals surface area contributed by atoms with E-state index in [4.69, 9.17) is 0 Å². The first-order valence-electron chi connectivity index (χ1n) is 9.53. The highest BCUT2D eigenvalue weighted by Crippen LogP contribution is 2.25. The Morgan fingerprint density at radius 1 is 1.11 bits per heavy atom. The maximum atomic E-state index is 12.3. The summed E-state index contributed by atoms with van der Waals surface area (Å²) in [6.45, 7) is 2.36. The number of hydrogen-bond acceptors (Lipinski definition) is 3. The van der Waals surface area contributed by atoms with Gasteiger partial charge in [0, 0.05) is 53.9 Å². The van der Waals surface area contributed by atoms with Gasteiger partial charge >= 0.3 is 0 Å². The Balaban J connectivity index is 1.30. The number of nitrogens with one attached hydrogen (secondary N) is 2. The Bertz CT molecular complexity index is 898. The maximum absolute atomic E-state index is 12.3. The Kier molecular flexibility index (Phi) is 5.23. The van der Waals surface area contributed by atoms with Crippen molar-refractivity contribution in [1.29, 1.82) is 0 Å². The van der Waals surface area contributed by atoms with Crippen LogP contribution in [0.1, 0.15) is 34.9 Å². The number of β-amino-alcohol motifs (C(OH)–C–C–N with tert-alkyl or cyclic N) is 1. The second-order valence-corrected chi connectivity index (χ2v) is 7.22. The molecule has 5 heteroatoms. The van der Waals surface area contributed by atoms with E-state index < -0.39 is 6.10 Å². The van der Waals surface area contributed by atoms with Crippen molar-refractivity contribution in [3.8, 4) is 0 Å². The lowest BCUT2D eigenvalue weighted by Crippen LogP contribution is -2.45. The lowest BCUT2D eigenvalue weighted by Gasteiger charge is -2.33. The second kappa shape index (κ2) is 7.94. The molecule has 140 valence electrons. The molecule has 1 aromatic heterocycles. The van der Waals surface area contributed by atoms with Crippen LogP contribution in [-0.2, 0) is 0 Å². The van der Waals surface area contributed by atoms with Crippen molar-refractivity contribution < 1.29 is 9.90 Å². The quantitative estimate of drug-likeness (QED) is 0.652. The fraction of sp³-hybridized carbons (Fsp3) is 0.318. The van der Waals surface area contributed by atoms with Crippen molar-refractivity contribution in [2.45, 2.75) is 25.0 Å². The van der Waals surface area contributed by atoms with Gasteiger partial charge in [0.05, 0.1) is 6.10 Å². The molecule has 1 atom stereocenters. The molecule has 1 aliphatic heterocycles. The molecule has 0 aliphatic carbocycles. The van der Waals surface area contributed by atoms with Gasteiger partial charge in [0.2, 0.25) is 0 Å². The normalized spacial score (nSPS) is 17.1. The van der Waals surface area contributed by atoms with Crippen LogP contribution in [0.5, 0.6) is 0 Å². The Hall–Kier alpha value is -2.63. The van der Waals surface area contributed by atoms with Crippen molar-refractivity contribution in [2.24, 2.45) is 0 Å². The third-order valence-corrected chi connectivity index (χ3v) is 5.37. The topological polar surface area (TPSA) is 68.4 Å². The van der Waals surface area contributed by atoms with Gasteiger partial charge in [0.15, 0.2) is 0 Å². The number of carbonyl (C=O) groups excluding carboxylic acids is 1. The summed E-state index contributed by atoms with van der Waals surface area (Å²) >= 11 is 0. The van der Waals surface area contributed by atoms with E-state index in [0.29, 0.717) is 12.1 Å². The zero-order valence-electron chi connectivity index (χ0n) is 15.3. The summed E-state index contributed by atoms with van der Waals surface area (Å²) in [5, 5.41) is 14.9. The second-order valence-electron chi connectivity index (χ2n) is 7.22. The van der Waals surface area contributed by atoms with Crippen molar-refractivity contribution >= 4 is 16.8 Å². The monoisotopic (exact) mass is 363 g/mol. The maximum Gasteiger partial charge on any atom is 0.251 e. The number of aromatic amines is 1. The molecule has 1 amide bonds. The minimum Gasteiger partial charge on any atom is -0.387 e. The van der Waals surface area contributed by atoms with E-state index in [9.17, 15) is 9.90 Å². The summed E-state index contributed by atoms with van der Waals surface area (Å²) in [5.41, 5.74) is 2.70. The summed E-state index contributed by atoms with van der Waals surface area (Å²) in [7, 11) is 0. The number of aliphatic hydroxyl groups excluding tert-OH is 1. The van der Waals surface area contributed by atoms with E-state index in [1.807, 2.05) is 60.8 Å². The summed E-state index contributed by atoms with van der Waals surface area (Å²) in [4.78, 5) is 17.8. The van der Waals surface area contributed by atoms with Crippen LogP contribution in [0, 0.1) is 0 Å². The van der Waals surface area contributed by atoms with E-state index in [-0.39, 0.29) is 11.9 Å². The van der Waals surface area contributed by atoms with Gasteiger partial charge in [0.1, 0.15) is 0 Å². The molecular formula is C22H25N3O2. The minimum atomic E-state index is -0.517. The van der Waals surface area contributed by atoms with Gasteiger partial charge in [-0.1, -0.05) is 36.4 Å². The number of likely N-dealkylation sites (tertiary alicyclic amines) is 1. The molecule has 1 aliphatic rings. The molecule has 0 radical (unpaired) electrons.